The number of carbonyl (C=O) groups is 2. The number of amides is 2. The highest BCUT2D eigenvalue weighted by Crippen LogP contribution is 2.90. The Bertz CT molecular complexity index is 1350. The Kier molecular flexibility index (Phi) is 8.48. The van der Waals surface area contributed by atoms with Crippen LogP contribution in [0.25, 0.3) is 0 Å². The summed E-state index contributed by atoms with van der Waals surface area (Å²) in [6.07, 6.45) is 9.43. The summed E-state index contributed by atoms with van der Waals surface area (Å²) in [6.45, 7) is 24.1. The molecule has 0 aromatic carbocycles. The number of carbonyl (C=O) groups excluding carboxylic acids is 2. The number of fused-ring (bicyclic) bond motifs is 4. The molecule has 3 heterocycles. The molecule has 1 unspecified atom stereocenters. The highest BCUT2D eigenvalue weighted by Gasteiger charge is 2.85. The van der Waals surface area contributed by atoms with Gasteiger partial charge in [-0.25, -0.2) is 9.59 Å². The van der Waals surface area contributed by atoms with E-state index in [1.807, 2.05) is 4.90 Å². The fourth-order valence-electron chi connectivity index (χ4n) is 13.5. The number of rotatable bonds is 5. The summed E-state index contributed by atoms with van der Waals surface area (Å²) in [6, 6.07) is 0. The molecule has 279 valence electrons. The second-order valence-corrected chi connectivity index (χ2v) is 19.2. The van der Waals surface area contributed by atoms with Crippen LogP contribution in [0.4, 0.5) is 9.59 Å². The van der Waals surface area contributed by atoms with E-state index in [9.17, 15) is 14.7 Å². The van der Waals surface area contributed by atoms with Crippen LogP contribution in [0, 0.1) is 68.9 Å². The lowest BCUT2D eigenvalue weighted by Crippen LogP contribution is -2.59. The first-order valence-corrected chi connectivity index (χ1v) is 20.2. The average Bonchev–Trinajstić information content (AvgIpc) is 3.68. The number of hydrogen-bond acceptors (Lipinski definition) is 7. The molecule has 50 heavy (non-hydrogen) atoms. The van der Waals surface area contributed by atoms with Crippen LogP contribution in [0.15, 0.2) is 0 Å². The molecule has 3 aliphatic heterocycles. The van der Waals surface area contributed by atoms with Crippen molar-refractivity contribution >= 4 is 12.2 Å². The van der Waals surface area contributed by atoms with Crippen LogP contribution in [-0.2, 0) is 14.2 Å². The Labute approximate surface area is 301 Å². The van der Waals surface area contributed by atoms with Gasteiger partial charge in [0.1, 0.15) is 24.4 Å². The summed E-state index contributed by atoms with van der Waals surface area (Å²) < 4.78 is 19.4. The van der Waals surface area contributed by atoms with E-state index in [0.717, 1.165) is 103 Å². The van der Waals surface area contributed by atoms with Gasteiger partial charge in [-0.05, 0) is 104 Å². The number of piperazine rings is 1. The van der Waals surface area contributed by atoms with Crippen molar-refractivity contribution in [3.8, 4) is 0 Å². The van der Waals surface area contributed by atoms with Gasteiger partial charge in [0.05, 0.1) is 6.10 Å². The van der Waals surface area contributed by atoms with E-state index in [-0.39, 0.29) is 63.1 Å². The Balaban J connectivity index is 1.00. The molecule has 0 aromatic heterocycles. The maximum absolute atomic E-state index is 13.4. The van der Waals surface area contributed by atoms with E-state index in [1.54, 1.807) is 10.8 Å². The zero-order valence-electron chi connectivity index (χ0n) is 32.2. The van der Waals surface area contributed by atoms with Crippen molar-refractivity contribution in [1.29, 1.82) is 0 Å². The second kappa shape index (κ2) is 12.0. The summed E-state index contributed by atoms with van der Waals surface area (Å²) >= 11 is 0. The first-order valence-electron chi connectivity index (χ1n) is 20.2. The molecule has 3 radical (unpaired) electrons. The minimum Gasteiger partial charge on any atom is -0.446 e. The first-order chi connectivity index (χ1) is 23.6. The molecule has 3 saturated heterocycles. The van der Waals surface area contributed by atoms with Gasteiger partial charge in [-0.3, -0.25) is 0 Å². The van der Waals surface area contributed by atoms with Crippen molar-refractivity contribution in [1.82, 2.24) is 14.7 Å². The van der Waals surface area contributed by atoms with Gasteiger partial charge in [0.15, 0.2) is 0 Å². The predicted octanol–water partition coefficient (Wildman–Crippen LogP) is 7.09. The molecular formula is C41H64N3O6. The number of ether oxygens (including phenoxy) is 3. The summed E-state index contributed by atoms with van der Waals surface area (Å²) in [5.41, 5.74) is -0.215. The Morgan fingerprint density at radius 3 is 2.30 bits per heavy atom. The molecule has 5 aliphatic carbocycles. The zero-order chi connectivity index (χ0) is 35.6. The third kappa shape index (κ3) is 4.72. The minimum atomic E-state index is -0.686. The molecular weight excluding hydrogens is 630 g/mol. The van der Waals surface area contributed by atoms with Gasteiger partial charge in [0.2, 0.25) is 0 Å². The SMILES string of the molecule is CCN1CCN(C(=O)OC2CC[C@]34C[C@]35CC[C@]3(C)[C@@H]6[C](O[C]([C@H](OC(=O)N7CCC7)C(C)C)C[C@H]6C)[C@H](O)[C@@]3(C)[C]5CC[C@H]4C2(C)C)CC1. The van der Waals surface area contributed by atoms with Crippen LogP contribution in [0.2, 0.25) is 0 Å². The van der Waals surface area contributed by atoms with E-state index >= 15 is 0 Å². The van der Waals surface area contributed by atoms with Crippen LogP contribution in [0.1, 0.15) is 113 Å². The van der Waals surface area contributed by atoms with E-state index < -0.39 is 12.2 Å². The van der Waals surface area contributed by atoms with E-state index in [2.05, 4.69) is 60.3 Å². The fraction of sp³-hybridized carbons (Fsp3) is 0.878. The third-order valence-electron chi connectivity index (χ3n) is 16.6. The molecule has 0 aromatic rings. The van der Waals surface area contributed by atoms with E-state index in [0.29, 0.717) is 5.92 Å². The lowest BCUT2D eigenvalue weighted by atomic mass is 9.41. The molecule has 9 heteroatoms. The van der Waals surface area contributed by atoms with Crippen LogP contribution in [0.3, 0.4) is 0 Å². The largest absolute Gasteiger partial charge is 0.446 e. The van der Waals surface area contributed by atoms with Crippen molar-refractivity contribution in [2.24, 2.45) is 50.7 Å². The van der Waals surface area contributed by atoms with Gasteiger partial charge in [-0.2, -0.15) is 0 Å². The Morgan fingerprint density at radius 2 is 1.66 bits per heavy atom. The number of nitrogens with zero attached hydrogens (tertiary/aromatic N) is 3. The topological polar surface area (TPSA) is 91.8 Å². The van der Waals surface area contributed by atoms with Crippen LogP contribution >= 0.6 is 0 Å². The molecule has 5 saturated carbocycles. The number of aliphatic hydroxyl groups is 1. The average molecular weight is 695 g/mol. The summed E-state index contributed by atoms with van der Waals surface area (Å²) in [5, 5.41) is 12.6. The standard InChI is InChI=1S/C41H64N3O6/c1-9-42-19-21-44(22-20-42)35(46)49-30-13-14-40-24-41(40)16-15-38(7)31-26(4)23-27(32(25(2)3)50-36(47)43-17-10-18-43)48-33(31)34(45)39(38,8)29(41)12-11-28(40)37(30,5)6/h25-26,28,30-32,34,45H,9-24H2,1-8H3/t26-,28+,30?,31+,32-,34+,38-,39-,40-,41+/m1/s1. The molecule has 8 aliphatic rings. The minimum absolute atomic E-state index is 0.0683. The molecule has 1 N–H and O–H groups in total. The van der Waals surface area contributed by atoms with Crippen LogP contribution < -0.4 is 0 Å². The fourth-order valence-corrected chi connectivity index (χ4v) is 13.5. The number of likely N-dealkylation sites (N-methyl/N-ethyl adjacent to an activating group) is 1. The third-order valence-corrected chi connectivity index (χ3v) is 16.6. The van der Waals surface area contributed by atoms with Gasteiger partial charge in [0, 0.05) is 56.0 Å². The first kappa shape index (κ1) is 35.4. The van der Waals surface area contributed by atoms with Gasteiger partial charge < -0.3 is 34.0 Å². The van der Waals surface area contributed by atoms with Gasteiger partial charge >= 0.3 is 12.2 Å². The number of likely N-dealkylation sites (tertiary alicyclic amines) is 1. The van der Waals surface area contributed by atoms with Gasteiger partial charge in [0.25, 0.3) is 0 Å². The van der Waals surface area contributed by atoms with Crippen molar-refractivity contribution in [2.45, 2.75) is 131 Å². The highest BCUT2D eigenvalue weighted by molar-refractivity contribution is 5.69. The van der Waals surface area contributed by atoms with Crippen LogP contribution in [-0.4, -0.2) is 96.1 Å². The summed E-state index contributed by atoms with van der Waals surface area (Å²) in [4.78, 5) is 32.4. The molecule has 2 spiro atoms. The van der Waals surface area contributed by atoms with Gasteiger partial charge in [-0.15, -0.1) is 0 Å². The quantitative estimate of drug-likeness (QED) is 0.329. The molecule has 2 amide bonds. The normalized spacial score (nSPS) is 45.0. The van der Waals surface area contributed by atoms with Crippen molar-refractivity contribution in [2.75, 3.05) is 45.8 Å². The lowest BCUT2D eigenvalue weighted by Gasteiger charge is -2.63. The number of aliphatic hydroxyl groups excluding tert-OH is 1. The Hall–Kier alpha value is -1.58. The van der Waals surface area contributed by atoms with Crippen molar-refractivity contribution in [3.63, 3.8) is 0 Å². The van der Waals surface area contributed by atoms with Crippen LogP contribution in [0.5, 0.6) is 0 Å². The summed E-state index contributed by atoms with van der Waals surface area (Å²) in [5.74, 6) is 2.62. The predicted molar refractivity (Wildman–Crippen MR) is 190 cm³/mol. The van der Waals surface area contributed by atoms with Crippen molar-refractivity contribution in [3.05, 3.63) is 18.1 Å². The number of hydrogen-bond donors (Lipinski definition) is 1. The summed E-state index contributed by atoms with van der Waals surface area (Å²) in [7, 11) is 0. The second-order valence-electron chi connectivity index (χ2n) is 19.2. The molecule has 9 nitrogen and oxygen atoms in total. The Morgan fingerprint density at radius 1 is 0.960 bits per heavy atom. The van der Waals surface area contributed by atoms with E-state index in [1.165, 1.54) is 12.8 Å². The highest BCUT2D eigenvalue weighted by atomic mass is 16.6. The monoisotopic (exact) mass is 694 g/mol. The van der Waals surface area contributed by atoms with Gasteiger partial charge in [-0.1, -0.05) is 55.4 Å². The molecule has 8 fully saturated rings. The van der Waals surface area contributed by atoms with E-state index in [4.69, 9.17) is 14.2 Å². The maximum atomic E-state index is 13.4. The smallest absolute Gasteiger partial charge is 0.410 e. The van der Waals surface area contributed by atoms with Crippen molar-refractivity contribution < 1.29 is 28.9 Å². The maximum Gasteiger partial charge on any atom is 0.410 e. The lowest BCUT2D eigenvalue weighted by molar-refractivity contribution is -0.129. The molecule has 8 rings (SSSR count). The molecule has 10 atom stereocenters. The molecule has 0 bridgehead atoms. The zero-order valence-corrected chi connectivity index (χ0v) is 32.2.